The Hall–Kier alpha value is -2.68. The smallest absolute Gasteiger partial charge is 0.153 e. The molecule has 0 atom stereocenters. The van der Waals surface area contributed by atoms with Gasteiger partial charge in [-0.1, -0.05) is 36.4 Å². The van der Waals surface area contributed by atoms with Gasteiger partial charge in [0.25, 0.3) is 0 Å². The van der Waals surface area contributed by atoms with Crippen LogP contribution in [0, 0.1) is 0 Å². The fraction of sp³-hybridized carbons (Fsp3) is 0.0588. The van der Waals surface area contributed by atoms with Crippen molar-refractivity contribution >= 4 is 17.2 Å². The van der Waals surface area contributed by atoms with Crippen molar-refractivity contribution in [3.63, 3.8) is 0 Å². The van der Waals surface area contributed by atoms with Gasteiger partial charge in [0.05, 0.1) is 11.1 Å². The van der Waals surface area contributed by atoms with Gasteiger partial charge < -0.3 is 4.74 Å². The van der Waals surface area contributed by atoms with E-state index in [0.29, 0.717) is 17.9 Å². The van der Waals surface area contributed by atoms with Crippen LogP contribution in [0.4, 0.5) is 0 Å². The largest absolute Gasteiger partial charge is 0.488 e. The molecule has 0 N–H and O–H groups in total. The number of pyridine rings is 1. The number of aromatic nitrogens is 1. The summed E-state index contributed by atoms with van der Waals surface area (Å²) in [6.07, 6.45) is 2.57. The molecule has 3 nitrogen and oxygen atoms in total. The summed E-state index contributed by atoms with van der Waals surface area (Å²) in [7, 11) is 0. The van der Waals surface area contributed by atoms with Crippen LogP contribution >= 0.6 is 0 Å². The van der Waals surface area contributed by atoms with Gasteiger partial charge in [-0.15, -0.1) is 0 Å². The minimum atomic E-state index is 0.388. The molecule has 0 saturated heterocycles. The van der Waals surface area contributed by atoms with E-state index >= 15 is 0 Å². The van der Waals surface area contributed by atoms with Crippen LogP contribution in [-0.2, 0) is 6.61 Å². The Morgan fingerprint density at radius 1 is 1.00 bits per heavy atom. The summed E-state index contributed by atoms with van der Waals surface area (Å²) in [5.41, 5.74) is 2.49. The monoisotopic (exact) mass is 263 g/mol. The van der Waals surface area contributed by atoms with E-state index in [9.17, 15) is 4.79 Å². The standard InChI is InChI=1S/C17H13NO2/c19-11-14-5-1-2-9-16(14)20-12-15-7-3-6-13-8-4-10-18-17(13)15/h1-11H,12H2. The quantitative estimate of drug-likeness (QED) is 0.675. The normalized spacial score (nSPS) is 10.4. The molecule has 98 valence electrons. The second kappa shape index (κ2) is 5.53. The van der Waals surface area contributed by atoms with Crippen molar-refractivity contribution in [2.24, 2.45) is 0 Å². The molecule has 0 radical (unpaired) electrons. The van der Waals surface area contributed by atoms with Gasteiger partial charge in [-0.05, 0) is 18.2 Å². The summed E-state index contributed by atoms with van der Waals surface area (Å²) < 4.78 is 5.75. The van der Waals surface area contributed by atoms with Crippen molar-refractivity contribution in [2.45, 2.75) is 6.61 Å². The number of hydrogen-bond donors (Lipinski definition) is 0. The number of nitrogens with zero attached hydrogens (tertiary/aromatic N) is 1. The summed E-state index contributed by atoms with van der Waals surface area (Å²) in [5.74, 6) is 0.593. The molecule has 0 saturated carbocycles. The van der Waals surface area contributed by atoms with Crippen LogP contribution < -0.4 is 4.74 Å². The van der Waals surface area contributed by atoms with Gasteiger partial charge in [-0.25, -0.2) is 0 Å². The van der Waals surface area contributed by atoms with Gasteiger partial charge >= 0.3 is 0 Å². The zero-order chi connectivity index (χ0) is 13.8. The van der Waals surface area contributed by atoms with Gasteiger partial charge in [0.2, 0.25) is 0 Å². The molecule has 0 spiro atoms. The summed E-state index contributed by atoms with van der Waals surface area (Å²) in [6, 6.07) is 17.1. The molecule has 0 amide bonds. The minimum absolute atomic E-state index is 0.388. The highest BCUT2D eigenvalue weighted by atomic mass is 16.5. The first-order chi connectivity index (χ1) is 9.88. The topological polar surface area (TPSA) is 39.2 Å². The lowest BCUT2D eigenvalue weighted by molar-refractivity contribution is 0.111. The van der Waals surface area contributed by atoms with Crippen LogP contribution in [0.5, 0.6) is 5.75 Å². The van der Waals surface area contributed by atoms with Crippen molar-refractivity contribution in [3.05, 3.63) is 71.9 Å². The summed E-state index contributed by atoms with van der Waals surface area (Å²) in [4.78, 5) is 15.3. The third-order valence-corrected chi connectivity index (χ3v) is 3.15. The molecule has 0 bridgehead atoms. The highest BCUT2D eigenvalue weighted by Gasteiger charge is 2.05. The average molecular weight is 263 g/mol. The highest BCUT2D eigenvalue weighted by Crippen LogP contribution is 2.20. The molecule has 3 rings (SSSR count). The van der Waals surface area contributed by atoms with Gasteiger partial charge in [0.1, 0.15) is 12.4 Å². The molecule has 2 aromatic carbocycles. The van der Waals surface area contributed by atoms with Crippen LogP contribution in [0.25, 0.3) is 10.9 Å². The zero-order valence-corrected chi connectivity index (χ0v) is 10.8. The van der Waals surface area contributed by atoms with Gasteiger partial charge in [0, 0.05) is 17.1 Å². The maximum Gasteiger partial charge on any atom is 0.153 e. The molecule has 3 aromatic rings. The fourth-order valence-corrected chi connectivity index (χ4v) is 2.15. The first kappa shape index (κ1) is 12.4. The molecule has 1 aromatic heterocycles. The Kier molecular flexibility index (Phi) is 3.42. The Bertz CT molecular complexity index is 747. The molecule has 3 heteroatoms. The first-order valence-electron chi connectivity index (χ1n) is 6.38. The van der Waals surface area contributed by atoms with Crippen molar-refractivity contribution in [1.29, 1.82) is 0 Å². The zero-order valence-electron chi connectivity index (χ0n) is 10.8. The van der Waals surface area contributed by atoms with Crippen molar-refractivity contribution < 1.29 is 9.53 Å². The van der Waals surface area contributed by atoms with E-state index < -0.39 is 0 Å². The number of aldehydes is 1. The molecule has 0 unspecified atom stereocenters. The number of ether oxygens (including phenoxy) is 1. The Morgan fingerprint density at radius 2 is 1.85 bits per heavy atom. The lowest BCUT2D eigenvalue weighted by Crippen LogP contribution is -1.99. The second-order valence-corrected chi connectivity index (χ2v) is 4.44. The number of fused-ring (bicyclic) bond motifs is 1. The first-order valence-corrected chi connectivity index (χ1v) is 6.38. The number of carbonyl (C=O) groups excluding carboxylic acids is 1. The van der Waals surface area contributed by atoms with Crippen LogP contribution in [0.3, 0.4) is 0 Å². The van der Waals surface area contributed by atoms with Gasteiger partial charge in [0.15, 0.2) is 6.29 Å². The molecule has 0 fully saturated rings. The molecular formula is C17H13NO2. The maximum atomic E-state index is 11.0. The third-order valence-electron chi connectivity index (χ3n) is 3.15. The molecule has 0 aliphatic rings. The summed E-state index contributed by atoms with van der Waals surface area (Å²) in [5, 5.41) is 1.08. The third kappa shape index (κ3) is 2.38. The molecule has 1 heterocycles. The fourth-order valence-electron chi connectivity index (χ4n) is 2.15. The second-order valence-electron chi connectivity index (χ2n) is 4.44. The lowest BCUT2D eigenvalue weighted by atomic mass is 10.1. The van der Waals surface area contributed by atoms with Crippen molar-refractivity contribution in [1.82, 2.24) is 4.98 Å². The van der Waals surface area contributed by atoms with E-state index in [1.807, 2.05) is 42.5 Å². The van der Waals surface area contributed by atoms with E-state index in [2.05, 4.69) is 4.98 Å². The maximum absolute atomic E-state index is 11.0. The van der Waals surface area contributed by atoms with E-state index in [0.717, 1.165) is 22.8 Å². The van der Waals surface area contributed by atoms with E-state index in [1.165, 1.54) is 0 Å². The minimum Gasteiger partial charge on any atom is -0.488 e. The Labute approximate surface area is 116 Å². The van der Waals surface area contributed by atoms with E-state index in [1.54, 1.807) is 18.3 Å². The molecule has 0 aliphatic carbocycles. The Balaban J connectivity index is 1.89. The van der Waals surface area contributed by atoms with Crippen LogP contribution in [0.1, 0.15) is 15.9 Å². The number of carbonyl (C=O) groups is 1. The van der Waals surface area contributed by atoms with Crippen LogP contribution in [0.15, 0.2) is 60.8 Å². The van der Waals surface area contributed by atoms with Crippen molar-refractivity contribution in [3.8, 4) is 5.75 Å². The average Bonchev–Trinajstić information content (AvgIpc) is 2.53. The molecule has 20 heavy (non-hydrogen) atoms. The van der Waals surface area contributed by atoms with E-state index in [4.69, 9.17) is 4.74 Å². The number of para-hydroxylation sites is 2. The van der Waals surface area contributed by atoms with Crippen LogP contribution in [0.2, 0.25) is 0 Å². The Morgan fingerprint density at radius 3 is 2.75 bits per heavy atom. The van der Waals surface area contributed by atoms with Crippen molar-refractivity contribution in [2.75, 3.05) is 0 Å². The number of hydrogen-bond acceptors (Lipinski definition) is 3. The van der Waals surface area contributed by atoms with Gasteiger partial charge in [-0.2, -0.15) is 0 Å². The summed E-state index contributed by atoms with van der Waals surface area (Å²) in [6.45, 7) is 0.388. The number of rotatable bonds is 4. The van der Waals surface area contributed by atoms with Crippen LogP contribution in [-0.4, -0.2) is 11.3 Å². The molecule has 0 aliphatic heterocycles. The highest BCUT2D eigenvalue weighted by molar-refractivity contribution is 5.81. The summed E-state index contributed by atoms with van der Waals surface area (Å²) >= 11 is 0. The van der Waals surface area contributed by atoms with Gasteiger partial charge in [-0.3, -0.25) is 9.78 Å². The predicted octanol–water partition coefficient (Wildman–Crippen LogP) is 3.63. The predicted molar refractivity (Wildman–Crippen MR) is 77.9 cm³/mol. The number of benzene rings is 2. The van der Waals surface area contributed by atoms with E-state index in [-0.39, 0.29) is 0 Å². The SMILES string of the molecule is O=Cc1ccccc1OCc1cccc2cccnc12. The molecular weight excluding hydrogens is 250 g/mol. The lowest BCUT2D eigenvalue weighted by Gasteiger charge is -2.09.